The van der Waals surface area contributed by atoms with E-state index in [1.165, 1.54) is 0 Å². The maximum Gasteiger partial charge on any atom is 0.214 e. The zero-order chi connectivity index (χ0) is 16.1. The molecule has 0 amide bonds. The second kappa shape index (κ2) is 7.59. The quantitative estimate of drug-likeness (QED) is 0.788. The fourth-order valence-electron chi connectivity index (χ4n) is 3.14. The third-order valence-electron chi connectivity index (χ3n) is 4.56. The Bertz CT molecular complexity index is 587. The standard InChI is InChI=1S/C16H24N2O4S/c19-23(20,11-6-14-4-9-21-10-5-14)18-8-3-16(13-18)22-15-2-1-7-17-12-15/h1-2,7,12,14,16H,3-6,8-11,13H2. The summed E-state index contributed by atoms with van der Waals surface area (Å²) in [6.45, 7) is 2.50. The van der Waals surface area contributed by atoms with Crippen molar-refractivity contribution < 1.29 is 17.9 Å². The molecule has 1 aromatic heterocycles. The van der Waals surface area contributed by atoms with Gasteiger partial charge in [0.25, 0.3) is 0 Å². The summed E-state index contributed by atoms with van der Waals surface area (Å²) in [6, 6.07) is 3.65. The SMILES string of the molecule is O=S(=O)(CCC1CCOCC1)N1CCC(Oc2cccnc2)C1. The Hall–Kier alpha value is -1.18. The van der Waals surface area contributed by atoms with Gasteiger partial charge in [0.05, 0.1) is 18.5 Å². The average molecular weight is 340 g/mol. The van der Waals surface area contributed by atoms with E-state index in [0.29, 0.717) is 24.8 Å². The van der Waals surface area contributed by atoms with Gasteiger partial charge in [0.1, 0.15) is 11.9 Å². The second-order valence-electron chi connectivity index (χ2n) is 6.24. The van der Waals surface area contributed by atoms with Crippen molar-refractivity contribution in [2.45, 2.75) is 31.8 Å². The van der Waals surface area contributed by atoms with E-state index in [-0.39, 0.29) is 11.9 Å². The van der Waals surface area contributed by atoms with E-state index in [2.05, 4.69) is 4.98 Å². The van der Waals surface area contributed by atoms with E-state index in [1.54, 1.807) is 16.7 Å². The topological polar surface area (TPSA) is 68.7 Å². The van der Waals surface area contributed by atoms with Crippen LogP contribution in [0.1, 0.15) is 25.7 Å². The molecule has 0 saturated carbocycles. The molecular weight excluding hydrogens is 316 g/mol. The number of rotatable bonds is 6. The molecule has 0 aromatic carbocycles. The highest BCUT2D eigenvalue weighted by Crippen LogP contribution is 2.23. The molecule has 7 heteroatoms. The number of hydrogen-bond donors (Lipinski definition) is 0. The smallest absolute Gasteiger partial charge is 0.214 e. The summed E-state index contributed by atoms with van der Waals surface area (Å²) in [5, 5.41) is 0. The Labute approximate surface area is 137 Å². The average Bonchev–Trinajstić information content (AvgIpc) is 3.04. The summed E-state index contributed by atoms with van der Waals surface area (Å²) >= 11 is 0. The second-order valence-corrected chi connectivity index (χ2v) is 8.32. The molecule has 0 radical (unpaired) electrons. The molecule has 0 spiro atoms. The molecule has 3 heterocycles. The number of pyridine rings is 1. The molecule has 6 nitrogen and oxygen atoms in total. The van der Waals surface area contributed by atoms with Gasteiger partial charge in [-0.1, -0.05) is 0 Å². The van der Waals surface area contributed by atoms with Crippen LogP contribution in [-0.2, 0) is 14.8 Å². The Morgan fingerprint density at radius 3 is 2.87 bits per heavy atom. The highest BCUT2D eigenvalue weighted by Gasteiger charge is 2.32. The first-order valence-corrected chi connectivity index (χ1v) is 9.87. The van der Waals surface area contributed by atoms with Gasteiger partial charge < -0.3 is 9.47 Å². The molecule has 2 aliphatic heterocycles. The Kier molecular flexibility index (Phi) is 5.50. The lowest BCUT2D eigenvalue weighted by Crippen LogP contribution is -2.33. The van der Waals surface area contributed by atoms with Gasteiger partial charge in [-0.25, -0.2) is 8.42 Å². The number of hydrogen-bond acceptors (Lipinski definition) is 5. The van der Waals surface area contributed by atoms with Crippen LogP contribution in [0.15, 0.2) is 24.5 Å². The summed E-state index contributed by atoms with van der Waals surface area (Å²) in [7, 11) is -3.19. The first kappa shape index (κ1) is 16.7. The third-order valence-corrected chi connectivity index (χ3v) is 6.43. The lowest BCUT2D eigenvalue weighted by atomic mass is 9.98. The van der Waals surface area contributed by atoms with Gasteiger partial charge >= 0.3 is 0 Å². The van der Waals surface area contributed by atoms with Gasteiger partial charge in [0.15, 0.2) is 0 Å². The van der Waals surface area contributed by atoms with Crippen molar-refractivity contribution in [3.05, 3.63) is 24.5 Å². The van der Waals surface area contributed by atoms with Gasteiger partial charge in [0, 0.05) is 26.0 Å². The van der Waals surface area contributed by atoms with E-state index in [4.69, 9.17) is 9.47 Å². The maximum absolute atomic E-state index is 12.5. The molecule has 1 unspecified atom stereocenters. The molecule has 1 atom stereocenters. The van der Waals surface area contributed by atoms with Crippen molar-refractivity contribution in [2.24, 2.45) is 5.92 Å². The fourth-order valence-corrected chi connectivity index (χ4v) is 4.80. The monoisotopic (exact) mass is 340 g/mol. The van der Waals surface area contributed by atoms with Crippen molar-refractivity contribution in [1.29, 1.82) is 0 Å². The van der Waals surface area contributed by atoms with E-state index >= 15 is 0 Å². The molecule has 0 aliphatic carbocycles. The van der Waals surface area contributed by atoms with Gasteiger partial charge in [-0.15, -0.1) is 0 Å². The van der Waals surface area contributed by atoms with Gasteiger partial charge in [-0.3, -0.25) is 4.98 Å². The predicted octanol–water partition coefficient (Wildman–Crippen LogP) is 1.68. The molecule has 3 rings (SSSR count). The minimum atomic E-state index is -3.19. The normalized spacial score (nSPS) is 23.9. The predicted molar refractivity (Wildman–Crippen MR) is 86.8 cm³/mol. The first-order valence-electron chi connectivity index (χ1n) is 8.26. The number of aromatic nitrogens is 1. The Morgan fingerprint density at radius 2 is 2.13 bits per heavy atom. The zero-order valence-corrected chi connectivity index (χ0v) is 14.1. The molecule has 1 aromatic rings. The lowest BCUT2D eigenvalue weighted by molar-refractivity contribution is 0.0655. The summed E-state index contributed by atoms with van der Waals surface area (Å²) in [6.07, 6.45) is 6.67. The highest BCUT2D eigenvalue weighted by atomic mass is 32.2. The summed E-state index contributed by atoms with van der Waals surface area (Å²) < 4.78 is 37.7. The molecule has 128 valence electrons. The van der Waals surface area contributed by atoms with Gasteiger partial charge in [0.2, 0.25) is 10.0 Å². The van der Waals surface area contributed by atoms with Crippen LogP contribution >= 0.6 is 0 Å². The van der Waals surface area contributed by atoms with Crippen molar-refractivity contribution in [3.8, 4) is 5.75 Å². The zero-order valence-electron chi connectivity index (χ0n) is 13.3. The van der Waals surface area contributed by atoms with Crippen LogP contribution in [0, 0.1) is 5.92 Å². The van der Waals surface area contributed by atoms with Crippen molar-refractivity contribution >= 4 is 10.0 Å². The molecular formula is C16H24N2O4S. The van der Waals surface area contributed by atoms with Crippen LogP contribution in [0.25, 0.3) is 0 Å². The van der Waals surface area contributed by atoms with E-state index in [0.717, 1.165) is 38.9 Å². The minimum absolute atomic E-state index is 0.0861. The summed E-state index contributed by atoms with van der Waals surface area (Å²) in [5.41, 5.74) is 0. The fraction of sp³-hybridized carbons (Fsp3) is 0.688. The summed E-state index contributed by atoms with van der Waals surface area (Å²) in [5.74, 6) is 1.40. The van der Waals surface area contributed by atoms with Crippen molar-refractivity contribution in [1.82, 2.24) is 9.29 Å². The van der Waals surface area contributed by atoms with Crippen LogP contribution in [0.2, 0.25) is 0 Å². The number of sulfonamides is 1. The molecule has 2 saturated heterocycles. The van der Waals surface area contributed by atoms with Crippen molar-refractivity contribution in [2.75, 3.05) is 32.1 Å². The molecule has 2 aliphatic rings. The molecule has 0 N–H and O–H groups in total. The lowest BCUT2D eigenvalue weighted by Gasteiger charge is -2.23. The number of nitrogens with zero attached hydrogens (tertiary/aromatic N) is 2. The van der Waals surface area contributed by atoms with Crippen LogP contribution in [0.3, 0.4) is 0 Å². The molecule has 2 fully saturated rings. The summed E-state index contributed by atoms with van der Waals surface area (Å²) in [4.78, 5) is 4.01. The highest BCUT2D eigenvalue weighted by molar-refractivity contribution is 7.89. The van der Waals surface area contributed by atoms with Crippen LogP contribution < -0.4 is 4.74 Å². The minimum Gasteiger partial charge on any atom is -0.487 e. The Morgan fingerprint density at radius 1 is 1.30 bits per heavy atom. The van der Waals surface area contributed by atoms with Crippen LogP contribution in [0.5, 0.6) is 5.75 Å². The Balaban J connectivity index is 1.48. The van der Waals surface area contributed by atoms with Gasteiger partial charge in [-0.2, -0.15) is 4.31 Å². The largest absolute Gasteiger partial charge is 0.487 e. The van der Waals surface area contributed by atoms with E-state index < -0.39 is 10.0 Å². The number of ether oxygens (including phenoxy) is 2. The third kappa shape index (κ3) is 4.65. The van der Waals surface area contributed by atoms with Gasteiger partial charge in [-0.05, 0) is 43.7 Å². The first-order chi connectivity index (χ1) is 11.1. The molecule has 23 heavy (non-hydrogen) atoms. The maximum atomic E-state index is 12.5. The van der Waals surface area contributed by atoms with Crippen LogP contribution in [0.4, 0.5) is 0 Å². The van der Waals surface area contributed by atoms with Crippen LogP contribution in [-0.4, -0.2) is 55.9 Å². The molecule has 0 bridgehead atoms. The van der Waals surface area contributed by atoms with Crippen molar-refractivity contribution in [3.63, 3.8) is 0 Å². The van der Waals surface area contributed by atoms with E-state index in [9.17, 15) is 8.42 Å². The van der Waals surface area contributed by atoms with E-state index in [1.807, 2.05) is 12.1 Å².